The van der Waals surface area contributed by atoms with Gasteiger partial charge in [0, 0.05) is 12.2 Å². The SMILES string of the molecule is CCCCCCCCC=CCCCCCCCC(=O)[O-].CS(=O)(=O)[O-].C[N+](C)(C)CCO.C[N+](C)(C)CCO. The number of nitrogens with zero attached hydrogens (tertiary/aromatic N) is 2. The summed E-state index contributed by atoms with van der Waals surface area (Å²) >= 11 is 0. The van der Waals surface area contributed by atoms with E-state index in [0.717, 1.165) is 41.3 Å². The van der Waals surface area contributed by atoms with Crippen LogP contribution in [0.3, 0.4) is 0 Å². The van der Waals surface area contributed by atoms with Crippen LogP contribution in [0.5, 0.6) is 0 Å². The fourth-order valence-corrected chi connectivity index (χ4v) is 2.94. The summed E-state index contributed by atoms with van der Waals surface area (Å²) in [6.45, 7) is 4.49. The van der Waals surface area contributed by atoms with Crippen molar-refractivity contribution in [2.45, 2.75) is 96.8 Å². The van der Waals surface area contributed by atoms with Gasteiger partial charge in [0.25, 0.3) is 0 Å². The van der Waals surface area contributed by atoms with E-state index in [4.69, 9.17) is 23.2 Å². The molecular formula is C29H64N2O7S. The summed E-state index contributed by atoms with van der Waals surface area (Å²) in [7, 11) is 8.39. The van der Waals surface area contributed by atoms with E-state index in [1.165, 1.54) is 64.2 Å². The van der Waals surface area contributed by atoms with Crippen LogP contribution in [0.25, 0.3) is 0 Å². The number of carbonyl (C=O) groups excluding carboxylic acids is 1. The minimum Gasteiger partial charge on any atom is -0.748 e. The molecule has 9 nitrogen and oxygen atoms in total. The second-order valence-corrected chi connectivity index (χ2v) is 13.3. The molecule has 0 aromatic rings. The zero-order valence-corrected chi connectivity index (χ0v) is 27.4. The molecule has 0 amide bonds. The fourth-order valence-electron chi connectivity index (χ4n) is 2.94. The molecule has 238 valence electrons. The molecule has 39 heavy (non-hydrogen) atoms. The van der Waals surface area contributed by atoms with E-state index < -0.39 is 16.1 Å². The van der Waals surface area contributed by atoms with Crippen molar-refractivity contribution in [2.75, 3.05) is 74.8 Å². The fraction of sp³-hybridized carbons (Fsp3) is 0.897. The first-order valence-electron chi connectivity index (χ1n) is 14.5. The normalized spacial score (nSPS) is 11.6. The number of carboxylic acids is 1. The van der Waals surface area contributed by atoms with Crippen molar-refractivity contribution in [2.24, 2.45) is 0 Å². The molecule has 0 aliphatic rings. The average Bonchev–Trinajstić information content (AvgIpc) is 2.74. The van der Waals surface area contributed by atoms with Gasteiger partial charge in [-0.2, -0.15) is 0 Å². The molecule has 0 aliphatic heterocycles. The zero-order chi connectivity index (χ0) is 31.2. The third kappa shape index (κ3) is 78.7. The number of hydrogen-bond donors (Lipinski definition) is 2. The summed E-state index contributed by atoms with van der Waals surface area (Å²) in [5.74, 6) is -0.914. The van der Waals surface area contributed by atoms with Gasteiger partial charge in [-0.05, 0) is 38.5 Å². The average molecular weight is 585 g/mol. The predicted octanol–water partition coefficient (Wildman–Crippen LogP) is 3.31. The number of aliphatic hydroxyl groups is 2. The van der Waals surface area contributed by atoms with Gasteiger partial charge in [0.05, 0.1) is 65.6 Å². The van der Waals surface area contributed by atoms with Crippen LogP contribution in [-0.4, -0.2) is 113 Å². The molecule has 0 radical (unpaired) electrons. The van der Waals surface area contributed by atoms with Gasteiger partial charge >= 0.3 is 0 Å². The summed E-state index contributed by atoms with van der Waals surface area (Å²) in [5.41, 5.74) is 0. The Bertz CT molecular complexity index is 617. The van der Waals surface area contributed by atoms with Crippen LogP contribution in [0.1, 0.15) is 96.8 Å². The highest BCUT2D eigenvalue weighted by Crippen LogP contribution is 2.09. The maximum atomic E-state index is 10.2. The van der Waals surface area contributed by atoms with E-state index in [0.29, 0.717) is 6.26 Å². The number of likely N-dealkylation sites (N-methyl/N-ethyl adjacent to an activating group) is 2. The van der Waals surface area contributed by atoms with E-state index >= 15 is 0 Å². The Labute approximate surface area is 241 Å². The summed E-state index contributed by atoms with van der Waals surface area (Å²) in [6.07, 6.45) is 21.5. The highest BCUT2D eigenvalue weighted by molar-refractivity contribution is 7.84. The van der Waals surface area contributed by atoms with Crippen LogP contribution in [0, 0.1) is 0 Å². The van der Waals surface area contributed by atoms with Crippen LogP contribution in [0.15, 0.2) is 12.2 Å². The quantitative estimate of drug-likeness (QED) is 0.103. The molecule has 2 N–H and O–H groups in total. The van der Waals surface area contributed by atoms with E-state index in [9.17, 15) is 9.90 Å². The molecule has 0 atom stereocenters. The van der Waals surface area contributed by atoms with E-state index in [1.807, 2.05) is 0 Å². The first kappa shape index (κ1) is 45.0. The molecule has 0 aromatic carbocycles. The standard InChI is InChI=1S/C18H34O2.2C5H14NO.CH4O3S/c1-2-3-4-5-6-7-8-9-10-11-12-13-14-15-16-17-18(19)20;2*1-6(2,3)4-5-7;1-5(2,3)4/h9-10H,2-8,11-17H2,1H3,(H,19,20);2*7H,4-5H2,1-3H3;1H3,(H,2,3,4)/q;2*+1;/p-2. The lowest BCUT2D eigenvalue weighted by atomic mass is 10.1. The minimum absolute atomic E-state index is 0.220. The van der Waals surface area contributed by atoms with Crippen molar-refractivity contribution in [3.8, 4) is 0 Å². The van der Waals surface area contributed by atoms with Crippen molar-refractivity contribution in [3.05, 3.63) is 12.2 Å². The maximum Gasteiger partial charge on any atom is 0.101 e. The van der Waals surface area contributed by atoms with Gasteiger partial charge in [-0.15, -0.1) is 0 Å². The number of aliphatic carboxylic acids is 1. The molecule has 0 aromatic heterocycles. The third-order valence-corrected chi connectivity index (χ3v) is 5.18. The van der Waals surface area contributed by atoms with Crippen molar-refractivity contribution >= 4 is 16.1 Å². The highest BCUT2D eigenvalue weighted by Gasteiger charge is 2.02. The molecule has 0 fully saturated rings. The van der Waals surface area contributed by atoms with Gasteiger partial charge in [0.1, 0.15) is 13.1 Å². The first-order chi connectivity index (χ1) is 17.9. The Balaban J connectivity index is -0.000000261. The van der Waals surface area contributed by atoms with E-state index in [-0.39, 0.29) is 19.6 Å². The minimum atomic E-state index is -3.92. The van der Waals surface area contributed by atoms with Crippen molar-refractivity contribution in [3.63, 3.8) is 0 Å². The van der Waals surface area contributed by atoms with Crippen LogP contribution >= 0.6 is 0 Å². The van der Waals surface area contributed by atoms with Crippen molar-refractivity contribution < 1.29 is 42.1 Å². The van der Waals surface area contributed by atoms with E-state index in [2.05, 4.69) is 61.4 Å². The summed E-state index contributed by atoms with van der Waals surface area (Å²) in [6, 6.07) is 0. The number of carbonyl (C=O) groups is 1. The molecule has 0 spiro atoms. The number of hydrogen-bond acceptors (Lipinski definition) is 7. The lowest BCUT2D eigenvalue weighted by molar-refractivity contribution is -0.870. The van der Waals surface area contributed by atoms with Crippen LogP contribution < -0.4 is 5.11 Å². The monoisotopic (exact) mass is 584 g/mol. The van der Waals surface area contributed by atoms with Crippen molar-refractivity contribution in [1.82, 2.24) is 0 Å². The second kappa shape index (κ2) is 29.9. The van der Waals surface area contributed by atoms with Gasteiger partial charge in [-0.1, -0.05) is 70.4 Å². The Morgan fingerprint density at radius 1 is 0.692 bits per heavy atom. The first-order valence-corrected chi connectivity index (χ1v) is 16.3. The predicted molar refractivity (Wildman–Crippen MR) is 160 cm³/mol. The smallest absolute Gasteiger partial charge is 0.101 e. The Morgan fingerprint density at radius 3 is 1.26 bits per heavy atom. The molecule has 0 unspecified atom stereocenters. The van der Waals surface area contributed by atoms with Crippen molar-refractivity contribution in [1.29, 1.82) is 0 Å². The Hall–Kier alpha value is -1.04. The molecular weight excluding hydrogens is 520 g/mol. The number of unbranched alkanes of at least 4 members (excludes halogenated alkanes) is 11. The topological polar surface area (TPSA) is 138 Å². The largest absolute Gasteiger partial charge is 0.748 e. The lowest BCUT2D eigenvalue weighted by Crippen LogP contribution is -2.36. The molecule has 0 saturated carbocycles. The summed E-state index contributed by atoms with van der Waals surface area (Å²) < 4.78 is 28.9. The van der Waals surface area contributed by atoms with Gasteiger partial charge in [0.15, 0.2) is 0 Å². The molecule has 0 heterocycles. The van der Waals surface area contributed by atoms with Gasteiger partial charge in [0.2, 0.25) is 0 Å². The number of quaternary nitrogens is 2. The highest BCUT2D eigenvalue weighted by atomic mass is 32.2. The number of rotatable bonds is 19. The lowest BCUT2D eigenvalue weighted by Gasteiger charge is -2.21. The van der Waals surface area contributed by atoms with Crippen LogP contribution in [-0.2, 0) is 14.9 Å². The van der Waals surface area contributed by atoms with E-state index in [1.54, 1.807) is 0 Å². The van der Waals surface area contributed by atoms with Gasteiger partial charge < -0.3 is 33.6 Å². The van der Waals surface area contributed by atoms with Crippen LogP contribution in [0.4, 0.5) is 0 Å². The Kier molecular flexibility index (Phi) is 34.5. The molecule has 0 bridgehead atoms. The number of aliphatic hydroxyl groups excluding tert-OH is 2. The van der Waals surface area contributed by atoms with Crippen LogP contribution in [0.2, 0.25) is 0 Å². The molecule has 10 heteroatoms. The number of carboxylic acid groups (broad SMARTS) is 1. The Morgan fingerprint density at radius 2 is 1.00 bits per heavy atom. The molecule has 0 aliphatic carbocycles. The molecule has 0 saturated heterocycles. The number of allylic oxidation sites excluding steroid dienone is 2. The third-order valence-electron chi connectivity index (χ3n) is 5.18. The summed E-state index contributed by atoms with van der Waals surface area (Å²) in [5, 5.41) is 27.0. The summed E-state index contributed by atoms with van der Waals surface area (Å²) in [4.78, 5) is 10.2. The second-order valence-electron chi connectivity index (χ2n) is 11.9. The van der Waals surface area contributed by atoms with Gasteiger partial charge in [-0.25, -0.2) is 8.42 Å². The molecule has 0 rings (SSSR count). The maximum absolute atomic E-state index is 10.2. The van der Waals surface area contributed by atoms with Gasteiger partial charge in [-0.3, -0.25) is 0 Å². The zero-order valence-electron chi connectivity index (χ0n) is 26.6.